The second kappa shape index (κ2) is 6.46. The Bertz CT molecular complexity index is 408. The fourth-order valence-electron chi connectivity index (χ4n) is 1.25. The molecule has 7 heteroatoms. The second-order valence-corrected chi connectivity index (χ2v) is 5.22. The van der Waals surface area contributed by atoms with Crippen molar-refractivity contribution >= 4 is 34.9 Å². The first-order valence-electron chi connectivity index (χ1n) is 5.07. The van der Waals surface area contributed by atoms with Gasteiger partial charge in [-0.15, -0.1) is 11.3 Å². The van der Waals surface area contributed by atoms with Gasteiger partial charge in [-0.3, -0.25) is 4.79 Å². The Morgan fingerprint density at radius 1 is 1.53 bits per heavy atom. The van der Waals surface area contributed by atoms with Crippen molar-refractivity contribution in [3.63, 3.8) is 0 Å². The highest BCUT2D eigenvalue weighted by Gasteiger charge is 2.11. The Kier molecular flexibility index (Phi) is 5.24. The Labute approximate surface area is 108 Å². The molecule has 1 aromatic heterocycles. The van der Waals surface area contributed by atoms with Gasteiger partial charge >= 0.3 is 6.03 Å². The molecule has 5 nitrogen and oxygen atoms in total. The fourth-order valence-corrected chi connectivity index (χ4v) is 2.31. The van der Waals surface area contributed by atoms with Crippen LogP contribution in [0.25, 0.3) is 0 Å². The van der Waals surface area contributed by atoms with E-state index in [1.54, 1.807) is 6.07 Å². The molecule has 0 aromatic carbocycles. The highest BCUT2D eigenvalue weighted by atomic mass is 35.5. The van der Waals surface area contributed by atoms with E-state index in [4.69, 9.17) is 17.3 Å². The number of primary amides is 1. The monoisotopic (exact) mass is 275 g/mol. The van der Waals surface area contributed by atoms with E-state index in [0.29, 0.717) is 4.34 Å². The van der Waals surface area contributed by atoms with Gasteiger partial charge in [-0.25, -0.2) is 4.79 Å². The van der Waals surface area contributed by atoms with Crippen molar-refractivity contribution in [1.82, 2.24) is 10.6 Å². The van der Waals surface area contributed by atoms with E-state index < -0.39 is 6.03 Å². The summed E-state index contributed by atoms with van der Waals surface area (Å²) in [6.07, 6.45) is 0.201. The molecule has 0 spiro atoms. The SMILES string of the molecule is C[C@H](NC(=O)CCNC(N)=O)c1ccc(Cl)s1. The molecule has 0 saturated heterocycles. The maximum Gasteiger partial charge on any atom is 0.312 e. The van der Waals surface area contributed by atoms with Gasteiger partial charge in [0, 0.05) is 17.8 Å². The number of halogens is 1. The summed E-state index contributed by atoms with van der Waals surface area (Å²) in [7, 11) is 0. The van der Waals surface area contributed by atoms with E-state index >= 15 is 0 Å². The van der Waals surface area contributed by atoms with E-state index in [1.807, 2.05) is 13.0 Å². The molecular weight excluding hydrogens is 262 g/mol. The van der Waals surface area contributed by atoms with Gasteiger partial charge in [-0.05, 0) is 19.1 Å². The first kappa shape index (κ1) is 13.8. The summed E-state index contributed by atoms with van der Waals surface area (Å²) in [5.41, 5.74) is 4.88. The average Bonchev–Trinajstić information content (AvgIpc) is 2.64. The topological polar surface area (TPSA) is 84.2 Å². The molecule has 0 aliphatic heterocycles. The number of hydrogen-bond acceptors (Lipinski definition) is 3. The minimum atomic E-state index is -0.629. The van der Waals surface area contributed by atoms with Crippen molar-refractivity contribution in [3.05, 3.63) is 21.3 Å². The van der Waals surface area contributed by atoms with Gasteiger partial charge in [0.2, 0.25) is 5.91 Å². The average molecular weight is 276 g/mol. The number of rotatable bonds is 5. The highest BCUT2D eigenvalue weighted by molar-refractivity contribution is 7.16. The summed E-state index contributed by atoms with van der Waals surface area (Å²) in [5, 5.41) is 5.16. The Hall–Kier alpha value is -1.27. The van der Waals surface area contributed by atoms with Crippen molar-refractivity contribution in [2.75, 3.05) is 6.54 Å². The molecule has 1 heterocycles. The van der Waals surface area contributed by atoms with E-state index in [0.717, 1.165) is 4.88 Å². The van der Waals surface area contributed by atoms with Crippen LogP contribution >= 0.6 is 22.9 Å². The quantitative estimate of drug-likeness (QED) is 0.763. The molecule has 3 amide bonds. The smallest absolute Gasteiger partial charge is 0.312 e. The molecule has 1 atom stereocenters. The molecule has 0 radical (unpaired) electrons. The van der Waals surface area contributed by atoms with Gasteiger partial charge in [0.25, 0.3) is 0 Å². The van der Waals surface area contributed by atoms with E-state index in [2.05, 4.69) is 10.6 Å². The molecule has 0 aliphatic rings. The maximum absolute atomic E-state index is 11.5. The third kappa shape index (κ3) is 5.06. The zero-order valence-corrected chi connectivity index (χ0v) is 10.9. The van der Waals surface area contributed by atoms with Crippen LogP contribution in [0.4, 0.5) is 4.79 Å². The number of thiophene rings is 1. The minimum Gasteiger partial charge on any atom is -0.352 e. The molecular formula is C10H14ClN3O2S. The van der Waals surface area contributed by atoms with Crippen molar-refractivity contribution in [2.24, 2.45) is 5.73 Å². The third-order valence-electron chi connectivity index (χ3n) is 2.05. The van der Waals surface area contributed by atoms with Crippen LogP contribution in [0.15, 0.2) is 12.1 Å². The predicted octanol–water partition coefficient (Wildman–Crippen LogP) is 1.64. The lowest BCUT2D eigenvalue weighted by atomic mass is 10.2. The summed E-state index contributed by atoms with van der Waals surface area (Å²) in [4.78, 5) is 22.9. The lowest BCUT2D eigenvalue weighted by Gasteiger charge is -2.12. The van der Waals surface area contributed by atoms with Crippen molar-refractivity contribution in [1.29, 1.82) is 0 Å². The van der Waals surface area contributed by atoms with Crippen molar-refractivity contribution in [2.45, 2.75) is 19.4 Å². The number of nitrogens with one attached hydrogen (secondary N) is 2. The van der Waals surface area contributed by atoms with Crippen LogP contribution in [0.1, 0.15) is 24.3 Å². The zero-order valence-electron chi connectivity index (χ0n) is 9.33. The molecule has 17 heavy (non-hydrogen) atoms. The van der Waals surface area contributed by atoms with Gasteiger partial charge in [-0.2, -0.15) is 0 Å². The molecule has 4 N–H and O–H groups in total. The van der Waals surface area contributed by atoms with Gasteiger partial charge in [0.15, 0.2) is 0 Å². The lowest BCUT2D eigenvalue weighted by Crippen LogP contribution is -2.34. The summed E-state index contributed by atoms with van der Waals surface area (Å²) in [6.45, 7) is 2.11. The number of carbonyl (C=O) groups excluding carboxylic acids is 2. The first-order valence-corrected chi connectivity index (χ1v) is 6.26. The van der Waals surface area contributed by atoms with Gasteiger partial charge in [0.05, 0.1) is 10.4 Å². The van der Waals surface area contributed by atoms with Crippen molar-refractivity contribution in [3.8, 4) is 0 Å². The number of urea groups is 1. The van der Waals surface area contributed by atoms with Crippen LogP contribution in [0.2, 0.25) is 4.34 Å². The van der Waals surface area contributed by atoms with Crippen LogP contribution in [-0.2, 0) is 4.79 Å². The molecule has 1 aromatic rings. The number of amides is 3. The van der Waals surface area contributed by atoms with E-state index in [9.17, 15) is 9.59 Å². The molecule has 0 unspecified atom stereocenters. The zero-order chi connectivity index (χ0) is 12.8. The van der Waals surface area contributed by atoms with Crippen LogP contribution < -0.4 is 16.4 Å². The van der Waals surface area contributed by atoms with Crippen LogP contribution in [-0.4, -0.2) is 18.5 Å². The number of nitrogens with two attached hydrogens (primary N) is 1. The molecule has 0 bridgehead atoms. The largest absolute Gasteiger partial charge is 0.352 e. The minimum absolute atomic E-state index is 0.0893. The third-order valence-corrected chi connectivity index (χ3v) is 3.46. The molecule has 0 aliphatic carbocycles. The van der Waals surface area contributed by atoms with E-state index in [-0.39, 0.29) is 24.9 Å². The lowest BCUT2D eigenvalue weighted by molar-refractivity contribution is -0.121. The maximum atomic E-state index is 11.5. The first-order chi connectivity index (χ1) is 7.99. The normalized spacial score (nSPS) is 11.9. The number of carbonyl (C=O) groups is 2. The number of hydrogen-bond donors (Lipinski definition) is 3. The summed E-state index contributed by atoms with van der Waals surface area (Å²) >= 11 is 7.23. The molecule has 94 valence electrons. The highest BCUT2D eigenvalue weighted by Crippen LogP contribution is 2.26. The van der Waals surface area contributed by atoms with Gasteiger partial charge in [0.1, 0.15) is 0 Å². The molecule has 0 fully saturated rings. The summed E-state index contributed by atoms with van der Waals surface area (Å²) in [5.74, 6) is -0.143. The standard InChI is InChI=1S/C10H14ClN3O2S/c1-6(7-2-3-8(11)17-7)14-9(15)4-5-13-10(12)16/h2-3,6H,4-5H2,1H3,(H,14,15)(H3,12,13,16)/t6-/m0/s1. The molecule has 1 rings (SSSR count). The van der Waals surface area contributed by atoms with E-state index in [1.165, 1.54) is 11.3 Å². The Morgan fingerprint density at radius 3 is 2.76 bits per heavy atom. The molecule has 0 saturated carbocycles. The van der Waals surface area contributed by atoms with Crippen LogP contribution in [0.3, 0.4) is 0 Å². The second-order valence-electron chi connectivity index (χ2n) is 3.47. The van der Waals surface area contributed by atoms with Crippen molar-refractivity contribution < 1.29 is 9.59 Å². The van der Waals surface area contributed by atoms with Gasteiger partial charge < -0.3 is 16.4 Å². The predicted molar refractivity (Wildman–Crippen MR) is 68.1 cm³/mol. The summed E-state index contributed by atoms with van der Waals surface area (Å²) in [6, 6.07) is 2.95. The fraction of sp³-hybridized carbons (Fsp3) is 0.400. The Balaban J connectivity index is 2.33. The summed E-state index contributed by atoms with van der Waals surface area (Å²) < 4.78 is 0.691. The Morgan fingerprint density at radius 2 is 2.24 bits per heavy atom. The van der Waals surface area contributed by atoms with Crippen LogP contribution in [0.5, 0.6) is 0 Å². The van der Waals surface area contributed by atoms with Gasteiger partial charge in [-0.1, -0.05) is 11.6 Å². The van der Waals surface area contributed by atoms with Crippen LogP contribution in [0, 0.1) is 0 Å².